The number of carboxylic acid groups (broad SMARTS) is 1. The Balaban J connectivity index is 1.92. The summed E-state index contributed by atoms with van der Waals surface area (Å²) in [5, 5.41) is 11.8. The van der Waals surface area contributed by atoms with Crippen LogP contribution in [0.5, 0.6) is 0 Å². The molecule has 0 unspecified atom stereocenters. The van der Waals surface area contributed by atoms with E-state index in [1.54, 1.807) is 23.1 Å². The normalized spacial score (nSPS) is 10.5. The van der Waals surface area contributed by atoms with Crippen LogP contribution in [0.4, 0.5) is 0 Å². The van der Waals surface area contributed by atoms with Crippen LogP contribution in [0.25, 0.3) is 0 Å². The van der Waals surface area contributed by atoms with Gasteiger partial charge in [0.15, 0.2) is 0 Å². The molecule has 0 aliphatic carbocycles. The van der Waals surface area contributed by atoms with Gasteiger partial charge in [-0.15, -0.1) is 23.1 Å². The van der Waals surface area contributed by atoms with E-state index in [1.807, 2.05) is 36.6 Å². The molecular formula is C13H13NO2S2. The number of nitrogens with zero attached hydrogens (tertiary/aromatic N) is 1. The van der Waals surface area contributed by atoms with Crippen molar-refractivity contribution >= 4 is 29.1 Å². The number of carbonyl (C=O) groups is 1. The lowest BCUT2D eigenvalue weighted by Crippen LogP contribution is -1.99. The molecule has 1 aromatic heterocycles. The maximum atomic E-state index is 10.6. The van der Waals surface area contributed by atoms with Crippen molar-refractivity contribution in [1.82, 2.24) is 4.98 Å². The molecule has 0 bridgehead atoms. The second kappa shape index (κ2) is 6.02. The van der Waals surface area contributed by atoms with Gasteiger partial charge in [-0.05, 0) is 24.6 Å². The second-order valence-electron chi connectivity index (χ2n) is 3.89. The molecule has 0 saturated carbocycles. The largest absolute Gasteiger partial charge is 0.481 e. The Hall–Kier alpha value is -1.33. The summed E-state index contributed by atoms with van der Waals surface area (Å²) in [6.45, 7) is 1.99. The first kappa shape index (κ1) is 13.1. The zero-order valence-electron chi connectivity index (χ0n) is 9.92. The minimum Gasteiger partial charge on any atom is -0.481 e. The molecule has 0 aliphatic heterocycles. The van der Waals surface area contributed by atoms with Gasteiger partial charge in [-0.3, -0.25) is 4.79 Å². The van der Waals surface area contributed by atoms with Crippen molar-refractivity contribution in [3.8, 4) is 0 Å². The maximum Gasteiger partial charge on any atom is 0.307 e. The Morgan fingerprint density at radius 3 is 2.67 bits per heavy atom. The maximum absolute atomic E-state index is 10.6. The molecule has 0 spiro atoms. The number of carboxylic acids is 1. The zero-order valence-corrected chi connectivity index (χ0v) is 11.6. The number of hydrogen-bond acceptors (Lipinski definition) is 4. The first-order valence-corrected chi connectivity index (χ1v) is 7.34. The van der Waals surface area contributed by atoms with E-state index in [-0.39, 0.29) is 6.42 Å². The summed E-state index contributed by atoms with van der Waals surface area (Å²) in [4.78, 5) is 16.1. The van der Waals surface area contributed by atoms with Gasteiger partial charge in [0.05, 0.1) is 12.2 Å². The van der Waals surface area contributed by atoms with Crippen molar-refractivity contribution < 1.29 is 9.90 Å². The van der Waals surface area contributed by atoms with Crippen LogP contribution in [-0.2, 0) is 17.0 Å². The molecule has 94 valence electrons. The SMILES string of the molecule is Cc1csc(CSc2ccc(CC(=O)O)cc2)n1. The Bertz CT molecular complexity index is 534. The molecule has 1 aromatic carbocycles. The molecular weight excluding hydrogens is 266 g/mol. The molecule has 18 heavy (non-hydrogen) atoms. The quantitative estimate of drug-likeness (QED) is 0.853. The van der Waals surface area contributed by atoms with E-state index in [0.29, 0.717) is 0 Å². The van der Waals surface area contributed by atoms with E-state index in [4.69, 9.17) is 5.11 Å². The van der Waals surface area contributed by atoms with Crippen molar-refractivity contribution in [3.63, 3.8) is 0 Å². The fourth-order valence-electron chi connectivity index (χ4n) is 1.49. The summed E-state index contributed by atoms with van der Waals surface area (Å²) in [5.41, 5.74) is 1.89. The Morgan fingerprint density at radius 1 is 1.39 bits per heavy atom. The van der Waals surface area contributed by atoms with Crippen molar-refractivity contribution in [2.24, 2.45) is 0 Å². The molecule has 5 heteroatoms. The fourth-order valence-corrected chi connectivity index (χ4v) is 3.18. The zero-order chi connectivity index (χ0) is 13.0. The monoisotopic (exact) mass is 279 g/mol. The third kappa shape index (κ3) is 3.85. The average molecular weight is 279 g/mol. The van der Waals surface area contributed by atoms with Crippen LogP contribution < -0.4 is 0 Å². The highest BCUT2D eigenvalue weighted by Gasteiger charge is 2.02. The highest BCUT2D eigenvalue weighted by molar-refractivity contribution is 7.98. The topological polar surface area (TPSA) is 50.2 Å². The summed E-state index contributed by atoms with van der Waals surface area (Å²) >= 11 is 3.39. The van der Waals surface area contributed by atoms with Crippen molar-refractivity contribution in [1.29, 1.82) is 0 Å². The van der Waals surface area contributed by atoms with Gasteiger partial charge in [-0.25, -0.2) is 4.98 Å². The van der Waals surface area contributed by atoms with Crippen LogP contribution in [0.15, 0.2) is 34.5 Å². The summed E-state index contributed by atoms with van der Waals surface area (Å²) in [6.07, 6.45) is 0.0800. The minimum atomic E-state index is -0.798. The number of rotatable bonds is 5. The molecule has 0 atom stereocenters. The first-order chi connectivity index (χ1) is 8.63. The third-order valence-corrected chi connectivity index (χ3v) is 4.48. The molecule has 0 amide bonds. The van der Waals surface area contributed by atoms with Crippen molar-refractivity contribution in [2.45, 2.75) is 24.0 Å². The number of hydrogen-bond donors (Lipinski definition) is 1. The van der Waals surface area contributed by atoms with Gasteiger partial charge in [0.2, 0.25) is 0 Å². The number of benzene rings is 1. The fraction of sp³-hybridized carbons (Fsp3) is 0.231. The van der Waals surface area contributed by atoms with E-state index >= 15 is 0 Å². The second-order valence-corrected chi connectivity index (χ2v) is 5.88. The van der Waals surface area contributed by atoms with Crippen LogP contribution in [0.2, 0.25) is 0 Å². The molecule has 3 nitrogen and oxygen atoms in total. The van der Waals surface area contributed by atoms with Gasteiger partial charge < -0.3 is 5.11 Å². The number of aliphatic carboxylic acids is 1. The van der Waals surface area contributed by atoms with E-state index in [9.17, 15) is 4.79 Å². The van der Waals surface area contributed by atoms with Crippen molar-refractivity contribution in [2.75, 3.05) is 0 Å². The van der Waals surface area contributed by atoms with Gasteiger partial charge in [0.25, 0.3) is 0 Å². The molecule has 2 aromatic rings. The van der Waals surface area contributed by atoms with Crippen LogP contribution >= 0.6 is 23.1 Å². The van der Waals surface area contributed by atoms with Gasteiger partial charge >= 0.3 is 5.97 Å². The van der Waals surface area contributed by atoms with Crippen molar-refractivity contribution in [3.05, 3.63) is 45.9 Å². The summed E-state index contributed by atoms with van der Waals surface area (Å²) < 4.78 is 0. The van der Waals surface area contributed by atoms with E-state index < -0.39 is 5.97 Å². The molecule has 0 aliphatic rings. The Kier molecular flexibility index (Phi) is 4.38. The van der Waals surface area contributed by atoms with Crippen LogP contribution in [0, 0.1) is 6.92 Å². The smallest absolute Gasteiger partial charge is 0.307 e. The highest BCUT2D eigenvalue weighted by atomic mass is 32.2. The number of aromatic nitrogens is 1. The van der Waals surface area contributed by atoms with Gasteiger partial charge in [0.1, 0.15) is 5.01 Å². The lowest BCUT2D eigenvalue weighted by Gasteiger charge is -2.01. The lowest BCUT2D eigenvalue weighted by molar-refractivity contribution is -0.136. The molecule has 1 N–H and O–H groups in total. The predicted molar refractivity (Wildman–Crippen MR) is 74.2 cm³/mol. The van der Waals surface area contributed by atoms with Crippen LogP contribution in [0.1, 0.15) is 16.3 Å². The average Bonchev–Trinajstić information content (AvgIpc) is 2.74. The van der Waals surface area contributed by atoms with E-state index in [0.717, 1.165) is 26.9 Å². The van der Waals surface area contributed by atoms with Crippen LogP contribution in [-0.4, -0.2) is 16.1 Å². The van der Waals surface area contributed by atoms with E-state index in [2.05, 4.69) is 4.98 Å². The lowest BCUT2D eigenvalue weighted by atomic mass is 10.2. The molecule has 1 heterocycles. The molecule has 2 rings (SSSR count). The number of thioether (sulfide) groups is 1. The van der Waals surface area contributed by atoms with Gasteiger partial charge in [-0.1, -0.05) is 12.1 Å². The Morgan fingerprint density at radius 2 is 2.11 bits per heavy atom. The van der Waals surface area contributed by atoms with E-state index in [1.165, 1.54) is 0 Å². The minimum absolute atomic E-state index is 0.0800. The summed E-state index contributed by atoms with van der Waals surface area (Å²) in [6, 6.07) is 7.65. The highest BCUT2D eigenvalue weighted by Crippen LogP contribution is 2.24. The number of thiazole rings is 1. The molecule has 0 radical (unpaired) electrons. The summed E-state index contributed by atoms with van der Waals surface area (Å²) in [5.74, 6) is 0.0604. The summed E-state index contributed by atoms with van der Waals surface area (Å²) in [7, 11) is 0. The molecule has 0 saturated heterocycles. The number of aryl methyl sites for hydroxylation is 1. The first-order valence-electron chi connectivity index (χ1n) is 5.48. The molecule has 0 fully saturated rings. The Labute approximate surface area is 114 Å². The van der Waals surface area contributed by atoms with Gasteiger partial charge in [0, 0.05) is 16.0 Å². The van der Waals surface area contributed by atoms with Gasteiger partial charge in [-0.2, -0.15) is 0 Å². The van der Waals surface area contributed by atoms with Crippen LogP contribution in [0.3, 0.4) is 0 Å². The predicted octanol–water partition coefficient (Wildman–Crippen LogP) is 3.37. The standard InChI is InChI=1S/C13H13NO2S2/c1-9-7-18-12(14-9)8-17-11-4-2-10(3-5-11)6-13(15)16/h2-5,7H,6,8H2,1H3,(H,15,16). The third-order valence-electron chi connectivity index (χ3n) is 2.31.